The van der Waals surface area contributed by atoms with Gasteiger partial charge in [0.05, 0.1) is 42.4 Å². The van der Waals surface area contributed by atoms with Gasteiger partial charge in [-0.25, -0.2) is 0 Å². The van der Waals surface area contributed by atoms with E-state index in [-0.39, 0.29) is 25.1 Å². The molecule has 0 aliphatic carbocycles. The Hall–Kier alpha value is -2.25. The third-order valence-corrected chi connectivity index (χ3v) is 3.92. The van der Waals surface area contributed by atoms with Gasteiger partial charge in [0.15, 0.2) is 0 Å². The Balaban J connectivity index is 1.95. The monoisotopic (exact) mass is 302 g/mol. The Bertz CT molecular complexity index is 644. The van der Waals surface area contributed by atoms with Crippen LogP contribution in [-0.4, -0.2) is 61.3 Å². The summed E-state index contributed by atoms with van der Waals surface area (Å²) in [5.74, 6) is -0.231. The Morgan fingerprint density at radius 3 is 2.68 bits per heavy atom. The average molecular weight is 302 g/mol. The number of carbonyl (C=O) groups is 1. The lowest BCUT2D eigenvalue weighted by Gasteiger charge is -2.37. The number of aliphatic hydroxyl groups is 2. The summed E-state index contributed by atoms with van der Waals surface area (Å²) in [7, 11) is 0. The molecule has 2 atom stereocenters. The van der Waals surface area contributed by atoms with E-state index in [9.17, 15) is 15.0 Å². The van der Waals surface area contributed by atoms with Gasteiger partial charge in [0.2, 0.25) is 0 Å². The summed E-state index contributed by atoms with van der Waals surface area (Å²) in [4.78, 5) is 15.8. The molecule has 0 saturated carbocycles. The van der Waals surface area contributed by atoms with E-state index >= 15 is 0 Å². The van der Waals surface area contributed by atoms with Crippen LogP contribution in [-0.2, 0) is 0 Å². The molecule has 1 aliphatic heterocycles. The number of carbonyl (C=O) groups excluding carboxylic acids is 1. The molecule has 3 rings (SSSR count). The van der Waals surface area contributed by atoms with Crippen molar-refractivity contribution in [3.63, 3.8) is 0 Å². The molecule has 2 heterocycles. The van der Waals surface area contributed by atoms with Crippen LogP contribution in [0.2, 0.25) is 0 Å². The van der Waals surface area contributed by atoms with E-state index in [2.05, 4.69) is 10.2 Å². The van der Waals surface area contributed by atoms with Crippen LogP contribution in [0.25, 0.3) is 5.69 Å². The molecule has 22 heavy (non-hydrogen) atoms. The highest BCUT2D eigenvalue weighted by atomic mass is 16.3. The fourth-order valence-corrected chi connectivity index (χ4v) is 2.77. The number of hydrogen-bond acceptors (Lipinski definition) is 5. The van der Waals surface area contributed by atoms with Gasteiger partial charge in [0, 0.05) is 6.54 Å². The van der Waals surface area contributed by atoms with E-state index in [1.54, 1.807) is 30.6 Å². The predicted molar refractivity (Wildman–Crippen MR) is 78.5 cm³/mol. The summed E-state index contributed by atoms with van der Waals surface area (Å²) in [5.41, 5.74) is 1.03. The van der Waals surface area contributed by atoms with Crippen LogP contribution in [0.1, 0.15) is 23.2 Å². The first-order valence-corrected chi connectivity index (χ1v) is 7.26. The zero-order valence-electron chi connectivity index (χ0n) is 12.0. The van der Waals surface area contributed by atoms with Crippen LogP contribution in [0.3, 0.4) is 0 Å². The third kappa shape index (κ3) is 2.72. The van der Waals surface area contributed by atoms with Gasteiger partial charge in [-0.15, -0.1) is 0 Å². The van der Waals surface area contributed by atoms with Crippen LogP contribution >= 0.6 is 0 Å². The molecular formula is C15H18N4O3. The first-order valence-electron chi connectivity index (χ1n) is 7.26. The molecule has 0 spiro atoms. The van der Waals surface area contributed by atoms with E-state index in [1.807, 2.05) is 6.07 Å². The Labute approximate surface area is 127 Å². The summed E-state index contributed by atoms with van der Waals surface area (Å²) in [6.45, 7) is 0.117. The Kier molecular flexibility index (Phi) is 4.17. The van der Waals surface area contributed by atoms with E-state index in [4.69, 9.17) is 0 Å². The van der Waals surface area contributed by atoms with Crippen LogP contribution in [0.5, 0.6) is 0 Å². The number of aliphatic hydroxyl groups excluding tert-OH is 2. The zero-order valence-corrected chi connectivity index (χ0v) is 12.0. The maximum absolute atomic E-state index is 12.9. The molecule has 7 nitrogen and oxygen atoms in total. The van der Waals surface area contributed by atoms with E-state index in [0.29, 0.717) is 24.1 Å². The number of piperidine rings is 1. The van der Waals surface area contributed by atoms with Gasteiger partial charge in [-0.2, -0.15) is 15.0 Å². The van der Waals surface area contributed by atoms with Crippen molar-refractivity contribution in [2.75, 3.05) is 13.2 Å². The third-order valence-electron chi connectivity index (χ3n) is 3.92. The summed E-state index contributed by atoms with van der Waals surface area (Å²) in [6.07, 6.45) is 3.72. The van der Waals surface area contributed by atoms with Gasteiger partial charge >= 0.3 is 0 Å². The number of aromatic nitrogens is 3. The number of β-amino-alcohol motifs (C(OH)–C–C–N with tert-alkyl or cyclic N) is 1. The average Bonchev–Trinajstić information content (AvgIpc) is 3.08. The lowest BCUT2D eigenvalue weighted by atomic mass is 9.99. The standard InChI is InChI=1S/C15H18N4O3/c20-10-11-5-6-12(21)9-18(11)15(22)13-3-1-2-4-14(13)19-16-7-8-17-19/h1-4,7-8,11-12,20-21H,5-6,9-10H2/t11-,12+/m0/s1. The molecule has 1 fully saturated rings. The molecule has 116 valence electrons. The summed E-state index contributed by atoms with van der Waals surface area (Å²) in [6, 6.07) is 6.78. The van der Waals surface area contributed by atoms with Gasteiger partial charge in [-0.3, -0.25) is 4.79 Å². The minimum Gasteiger partial charge on any atom is -0.394 e. The highest BCUT2D eigenvalue weighted by molar-refractivity contribution is 5.98. The minimum absolute atomic E-state index is 0.110. The number of benzene rings is 1. The normalized spacial score (nSPS) is 21.8. The van der Waals surface area contributed by atoms with Gasteiger partial charge in [-0.05, 0) is 25.0 Å². The van der Waals surface area contributed by atoms with Crippen molar-refractivity contribution in [2.24, 2.45) is 0 Å². The number of amides is 1. The molecule has 0 bridgehead atoms. The van der Waals surface area contributed by atoms with E-state index < -0.39 is 6.10 Å². The molecule has 2 N–H and O–H groups in total. The maximum Gasteiger partial charge on any atom is 0.256 e. The second-order valence-corrected chi connectivity index (χ2v) is 5.36. The van der Waals surface area contributed by atoms with Gasteiger partial charge in [0.1, 0.15) is 0 Å². The number of para-hydroxylation sites is 1. The number of nitrogens with zero attached hydrogens (tertiary/aromatic N) is 4. The van der Waals surface area contributed by atoms with Crippen molar-refractivity contribution in [3.8, 4) is 5.69 Å². The van der Waals surface area contributed by atoms with Crippen molar-refractivity contribution in [1.82, 2.24) is 19.9 Å². The molecule has 1 aromatic carbocycles. The number of hydrogen-bond donors (Lipinski definition) is 2. The van der Waals surface area contributed by atoms with Crippen LogP contribution in [0.15, 0.2) is 36.7 Å². The second kappa shape index (κ2) is 6.25. The quantitative estimate of drug-likeness (QED) is 0.846. The van der Waals surface area contributed by atoms with Crippen LogP contribution in [0.4, 0.5) is 0 Å². The molecule has 1 aliphatic rings. The summed E-state index contributed by atoms with van der Waals surface area (Å²) >= 11 is 0. The Morgan fingerprint density at radius 2 is 1.95 bits per heavy atom. The SMILES string of the molecule is O=C(c1ccccc1-n1nccn1)N1C[C@H](O)CC[C@H]1CO. The highest BCUT2D eigenvalue weighted by Gasteiger charge is 2.32. The van der Waals surface area contributed by atoms with Crippen molar-refractivity contribution < 1.29 is 15.0 Å². The smallest absolute Gasteiger partial charge is 0.256 e. The van der Waals surface area contributed by atoms with Gasteiger partial charge < -0.3 is 15.1 Å². The molecule has 7 heteroatoms. The predicted octanol–water partition coefficient (Wildman–Crippen LogP) is 0.225. The summed E-state index contributed by atoms with van der Waals surface area (Å²) in [5, 5.41) is 27.5. The van der Waals surface area contributed by atoms with Crippen molar-refractivity contribution >= 4 is 5.91 Å². The lowest BCUT2D eigenvalue weighted by Crippen LogP contribution is -2.50. The molecule has 1 saturated heterocycles. The van der Waals surface area contributed by atoms with Crippen molar-refractivity contribution in [3.05, 3.63) is 42.2 Å². The van der Waals surface area contributed by atoms with Crippen LogP contribution < -0.4 is 0 Å². The molecule has 0 radical (unpaired) electrons. The van der Waals surface area contributed by atoms with Crippen LogP contribution in [0, 0.1) is 0 Å². The second-order valence-electron chi connectivity index (χ2n) is 5.36. The van der Waals surface area contributed by atoms with E-state index in [1.165, 1.54) is 9.70 Å². The topological polar surface area (TPSA) is 91.5 Å². The fraction of sp³-hybridized carbons (Fsp3) is 0.400. The number of rotatable bonds is 3. The van der Waals surface area contributed by atoms with Crippen molar-refractivity contribution in [2.45, 2.75) is 25.0 Å². The fourth-order valence-electron chi connectivity index (χ4n) is 2.77. The molecule has 1 aromatic heterocycles. The lowest BCUT2D eigenvalue weighted by molar-refractivity contribution is 0.0138. The Morgan fingerprint density at radius 1 is 1.23 bits per heavy atom. The van der Waals surface area contributed by atoms with Gasteiger partial charge in [-0.1, -0.05) is 12.1 Å². The minimum atomic E-state index is -0.554. The largest absolute Gasteiger partial charge is 0.394 e. The molecular weight excluding hydrogens is 284 g/mol. The maximum atomic E-state index is 12.9. The summed E-state index contributed by atoms with van der Waals surface area (Å²) < 4.78 is 0. The van der Waals surface area contributed by atoms with Crippen molar-refractivity contribution in [1.29, 1.82) is 0 Å². The zero-order chi connectivity index (χ0) is 15.5. The first-order chi connectivity index (χ1) is 10.7. The molecule has 0 unspecified atom stereocenters. The number of likely N-dealkylation sites (tertiary alicyclic amines) is 1. The van der Waals surface area contributed by atoms with E-state index in [0.717, 1.165) is 0 Å². The first kappa shape index (κ1) is 14.7. The molecule has 2 aromatic rings. The molecule has 1 amide bonds. The highest BCUT2D eigenvalue weighted by Crippen LogP contribution is 2.22. The van der Waals surface area contributed by atoms with Gasteiger partial charge in [0.25, 0.3) is 5.91 Å².